The molecule has 0 spiro atoms. The first-order valence-electron chi connectivity index (χ1n) is 8.11. The third-order valence-electron chi connectivity index (χ3n) is 4.48. The van der Waals surface area contributed by atoms with E-state index in [9.17, 15) is 0 Å². The molecular formula is C18H32. The van der Waals surface area contributed by atoms with Crippen molar-refractivity contribution in [3.63, 3.8) is 0 Å². The van der Waals surface area contributed by atoms with E-state index in [0.29, 0.717) is 0 Å². The van der Waals surface area contributed by atoms with Crippen molar-refractivity contribution in [3.05, 3.63) is 24.8 Å². The van der Waals surface area contributed by atoms with Gasteiger partial charge in [0.2, 0.25) is 0 Å². The predicted molar refractivity (Wildman–Crippen MR) is 82.7 cm³/mol. The quantitative estimate of drug-likeness (QED) is 0.339. The van der Waals surface area contributed by atoms with Crippen LogP contribution in [0.4, 0.5) is 0 Å². The van der Waals surface area contributed by atoms with Crippen molar-refractivity contribution < 1.29 is 0 Å². The van der Waals surface area contributed by atoms with Gasteiger partial charge in [0.1, 0.15) is 0 Å². The van der Waals surface area contributed by atoms with Gasteiger partial charge in [-0.3, -0.25) is 0 Å². The van der Waals surface area contributed by atoms with E-state index in [-0.39, 0.29) is 0 Å². The number of allylic oxidation sites excluding steroid dienone is 3. The third kappa shape index (κ3) is 5.00. The van der Waals surface area contributed by atoms with Gasteiger partial charge in [-0.15, -0.1) is 6.58 Å². The molecule has 0 nitrogen and oxygen atoms in total. The van der Waals surface area contributed by atoms with E-state index in [1.165, 1.54) is 51.4 Å². The molecule has 0 aromatic heterocycles. The summed E-state index contributed by atoms with van der Waals surface area (Å²) in [6.45, 7) is 8.44. The molecule has 1 saturated carbocycles. The second kappa shape index (κ2) is 9.42. The summed E-state index contributed by atoms with van der Waals surface area (Å²) >= 11 is 0. The number of unbranched alkanes of at least 4 members (excludes halogenated alkanes) is 2. The average molecular weight is 248 g/mol. The molecule has 0 aromatic rings. The molecule has 0 N–H and O–H groups in total. The first kappa shape index (κ1) is 15.5. The van der Waals surface area contributed by atoms with Crippen molar-refractivity contribution >= 4 is 0 Å². The van der Waals surface area contributed by atoms with Crippen molar-refractivity contribution in [1.82, 2.24) is 0 Å². The monoisotopic (exact) mass is 248 g/mol. The van der Waals surface area contributed by atoms with Crippen molar-refractivity contribution in [2.75, 3.05) is 0 Å². The van der Waals surface area contributed by atoms with Crippen LogP contribution in [0, 0.1) is 17.8 Å². The molecule has 1 rings (SSSR count). The van der Waals surface area contributed by atoms with Crippen LogP contribution in [0.2, 0.25) is 0 Å². The van der Waals surface area contributed by atoms with E-state index in [0.717, 1.165) is 24.2 Å². The molecule has 3 atom stereocenters. The van der Waals surface area contributed by atoms with Crippen molar-refractivity contribution in [2.45, 2.75) is 71.6 Å². The van der Waals surface area contributed by atoms with Crippen LogP contribution in [-0.2, 0) is 0 Å². The molecule has 0 amide bonds. The van der Waals surface area contributed by atoms with Gasteiger partial charge in [-0.1, -0.05) is 57.8 Å². The van der Waals surface area contributed by atoms with E-state index < -0.39 is 0 Å². The van der Waals surface area contributed by atoms with Crippen LogP contribution in [0.1, 0.15) is 71.6 Å². The molecule has 3 unspecified atom stereocenters. The fourth-order valence-electron chi connectivity index (χ4n) is 3.49. The van der Waals surface area contributed by atoms with Crippen LogP contribution in [0.25, 0.3) is 0 Å². The lowest BCUT2D eigenvalue weighted by Crippen LogP contribution is -2.12. The topological polar surface area (TPSA) is 0 Å². The summed E-state index contributed by atoms with van der Waals surface area (Å²) in [5.74, 6) is 2.82. The van der Waals surface area contributed by atoms with Crippen LogP contribution in [0.5, 0.6) is 0 Å². The molecule has 104 valence electrons. The molecule has 0 aromatic carbocycles. The molecule has 0 saturated heterocycles. The summed E-state index contributed by atoms with van der Waals surface area (Å²) in [4.78, 5) is 0. The molecule has 0 heterocycles. The Bertz CT molecular complexity index is 238. The van der Waals surface area contributed by atoms with E-state index >= 15 is 0 Å². The van der Waals surface area contributed by atoms with Crippen LogP contribution in [-0.4, -0.2) is 0 Å². The molecule has 18 heavy (non-hydrogen) atoms. The van der Waals surface area contributed by atoms with Crippen LogP contribution in [0.3, 0.4) is 0 Å². The minimum absolute atomic E-state index is 0.876. The van der Waals surface area contributed by atoms with E-state index in [1.807, 2.05) is 6.08 Å². The van der Waals surface area contributed by atoms with E-state index in [4.69, 9.17) is 0 Å². The van der Waals surface area contributed by atoms with Crippen LogP contribution >= 0.6 is 0 Å². The highest BCUT2D eigenvalue weighted by Gasteiger charge is 2.32. The molecular weight excluding hydrogens is 216 g/mol. The SMILES string of the molecule is C=CCC/C=C\C1C(CCC)CCC1CCCC. The molecule has 0 aliphatic heterocycles. The summed E-state index contributed by atoms with van der Waals surface area (Å²) in [6, 6.07) is 0. The van der Waals surface area contributed by atoms with Crippen LogP contribution in [0.15, 0.2) is 24.8 Å². The lowest BCUT2D eigenvalue weighted by Gasteiger charge is -2.21. The lowest BCUT2D eigenvalue weighted by atomic mass is 9.84. The first-order valence-corrected chi connectivity index (χ1v) is 8.11. The Morgan fingerprint density at radius 1 is 1.00 bits per heavy atom. The molecule has 1 aliphatic carbocycles. The fraction of sp³-hybridized carbons (Fsp3) is 0.778. The highest BCUT2D eigenvalue weighted by molar-refractivity contribution is 4.99. The Hall–Kier alpha value is -0.520. The molecule has 1 aliphatic rings. The summed E-state index contributed by atoms with van der Waals surface area (Å²) in [5.41, 5.74) is 0. The molecule has 0 bridgehead atoms. The average Bonchev–Trinajstić information content (AvgIpc) is 2.75. The Morgan fingerprint density at radius 2 is 1.72 bits per heavy atom. The maximum Gasteiger partial charge on any atom is -0.0177 e. The number of hydrogen-bond acceptors (Lipinski definition) is 0. The second-order valence-electron chi connectivity index (χ2n) is 5.90. The summed E-state index contributed by atoms with van der Waals surface area (Å²) in [6.07, 6.45) is 19.2. The zero-order valence-corrected chi connectivity index (χ0v) is 12.5. The minimum Gasteiger partial charge on any atom is -0.103 e. The van der Waals surface area contributed by atoms with Gasteiger partial charge in [0.15, 0.2) is 0 Å². The summed E-state index contributed by atoms with van der Waals surface area (Å²) < 4.78 is 0. The van der Waals surface area contributed by atoms with Gasteiger partial charge < -0.3 is 0 Å². The minimum atomic E-state index is 0.876. The highest BCUT2D eigenvalue weighted by atomic mass is 14.4. The maximum absolute atomic E-state index is 3.80. The summed E-state index contributed by atoms with van der Waals surface area (Å²) in [5, 5.41) is 0. The summed E-state index contributed by atoms with van der Waals surface area (Å²) in [7, 11) is 0. The van der Waals surface area contributed by atoms with Gasteiger partial charge >= 0.3 is 0 Å². The standard InChI is InChI=1S/C18H32/c1-4-7-9-10-13-18-16(11-6-3)14-15-17(18)12-8-5-2/h4,10,13,16-18H,1,5-9,11-12,14-15H2,2-3H3/b13-10-. The molecule has 0 radical (unpaired) electrons. The van der Waals surface area contributed by atoms with Gasteiger partial charge in [0.25, 0.3) is 0 Å². The van der Waals surface area contributed by atoms with Gasteiger partial charge in [0.05, 0.1) is 0 Å². The second-order valence-corrected chi connectivity index (χ2v) is 5.90. The Balaban J connectivity index is 2.50. The highest BCUT2D eigenvalue weighted by Crippen LogP contribution is 2.43. The van der Waals surface area contributed by atoms with Crippen molar-refractivity contribution in [1.29, 1.82) is 0 Å². The Kier molecular flexibility index (Phi) is 8.13. The lowest BCUT2D eigenvalue weighted by molar-refractivity contribution is 0.339. The van der Waals surface area contributed by atoms with Crippen molar-refractivity contribution in [3.8, 4) is 0 Å². The van der Waals surface area contributed by atoms with Gasteiger partial charge in [0, 0.05) is 0 Å². The zero-order chi connectivity index (χ0) is 13.2. The molecule has 1 fully saturated rings. The first-order chi connectivity index (χ1) is 8.83. The smallest absolute Gasteiger partial charge is 0.0177 e. The maximum atomic E-state index is 3.80. The number of rotatable bonds is 9. The normalized spacial score (nSPS) is 28.0. The predicted octanol–water partition coefficient (Wildman–Crippen LogP) is 6.14. The zero-order valence-electron chi connectivity index (χ0n) is 12.5. The van der Waals surface area contributed by atoms with E-state index in [1.54, 1.807) is 0 Å². The fourth-order valence-corrected chi connectivity index (χ4v) is 3.49. The van der Waals surface area contributed by atoms with Gasteiger partial charge in [-0.2, -0.15) is 0 Å². The third-order valence-corrected chi connectivity index (χ3v) is 4.48. The number of hydrogen-bond donors (Lipinski definition) is 0. The van der Waals surface area contributed by atoms with E-state index in [2.05, 4.69) is 32.6 Å². The van der Waals surface area contributed by atoms with Crippen LogP contribution < -0.4 is 0 Å². The largest absolute Gasteiger partial charge is 0.103 e. The van der Waals surface area contributed by atoms with Gasteiger partial charge in [-0.25, -0.2) is 0 Å². The van der Waals surface area contributed by atoms with Crippen molar-refractivity contribution in [2.24, 2.45) is 17.8 Å². The molecule has 0 heteroatoms. The van der Waals surface area contributed by atoms with Gasteiger partial charge in [-0.05, 0) is 49.9 Å². The Labute approximate surface area is 115 Å². The Morgan fingerprint density at radius 3 is 2.33 bits per heavy atom.